The van der Waals surface area contributed by atoms with Gasteiger partial charge in [0, 0.05) is 6.54 Å². The topological polar surface area (TPSA) is 41.6 Å². The van der Waals surface area contributed by atoms with Gasteiger partial charge in [0.25, 0.3) is 0 Å². The lowest BCUT2D eigenvalue weighted by atomic mass is 9.87. The summed E-state index contributed by atoms with van der Waals surface area (Å²) in [5, 5.41) is 3.28. The molecule has 0 amide bonds. The predicted octanol–water partition coefficient (Wildman–Crippen LogP) is 1.26. The molecule has 3 atom stereocenters. The van der Waals surface area contributed by atoms with Crippen molar-refractivity contribution in [3.8, 4) is 0 Å². The van der Waals surface area contributed by atoms with E-state index in [9.17, 15) is 4.79 Å². The molecule has 0 saturated carbocycles. The Morgan fingerprint density at radius 3 is 3.00 bits per heavy atom. The molecular formula is C14H26N2O2. The molecule has 0 aromatic heterocycles. The molecule has 4 nitrogen and oxygen atoms in total. The summed E-state index contributed by atoms with van der Waals surface area (Å²) in [6, 6.07) is -0.0640. The zero-order chi connectivity index (χ0) is 13.0. The maximum atomic E-state index is 11.5. The number of carbonyl (C=O) groups excluding carboxylic acids is 1. The summed E-state index contributed by atoms with van der Waals surface area (Å²) in [7, 11) is 1.47. The second-order valence-electron chi connectivity index (χ2n) is 5.72. The van der Waals surface area contributed by atoms with Crippen LogP contribution in [0.25, 0.3) is 0 Å². The number of nitrogens with zero attached hydrogens (tertiary/aromatic N) is 1. The van der Waals surface area contributed by atoms with Gasteiger partial charge in [-0.05, 0) is 57.2 Å². The summed E-state index contributed by atoms with van der Waals surface area (Å²) in [5.41, 5.74) is 0. The maximum Gasteiger partial charge on any atom is 0.322 e. The monoisotopic (exact) mass is 254 g/mol. The number of hydrogen-bond acceptors (Lipinski definition) is 4. The SMILES string of the molecule is CCN1CCCC(CC2CNC(C(=O)OC)C2)C1. The quantitative estimate of drug-likeness (QED) is 0.767. The minimum absolute atomic E-state index is 0.0640. The van der Waals surface area contributed by atoms with Gasteiger partial charge in [-0.2, -0.15) is 0 Å². The highest BCUT2D eigenvalue weighted by Crippen LogP contribution is 2.28. The van der Waals surface area contributed by atoms with E-state index in [0.29, 0.717) is 5.92 Å². The van der Waals surface area contributed by atoms with Crippen molar-refractivity contribution in [3.63, 3.8) is 0 Å². The minimum atomic E-state index is -0.101. The van der Waals surface area contributed by atoms with Crippen molar-refractivity contribution >= 4 is 5.97 Å². The Bertz CT molecular complexity index is 283. The Hall–Kier alpha value is -0.610. The van der Waals surface area contributed by atoms with Crippen LogP contribution in [0, 0.1) is 11.8 Å². The lowest BCUT2D eigenvalue weighted by Crippen LogP contribution is -2.36. The third-order valence-electron chi connectivity index (χ3n) is 4.42. The van der Waals surface area contributed by atoms with Crippen molar-refractivity contribution in [2.45, 2.75) is 38.6 Å². The van der Waals surface area contributed by atoms with Gasteiger partial charge in [0.15, 0.2) is 0 Å². The number of ether oxygens (including phenoxy) is 1. The highest BCUT2D eigenvalue weighted by atomic mass is 16.5. The summed E-state index contributed by atoms with van der Waals surface area (Å²) in [6.07, 6.45) is 4.90. The first-order valence-corrected chi connectivity index (χ1v) is 7.26. The van der Waals surface area contributed by atoms with Gasteiger partial charge in [-0.15, -0.1) is 0 Å². The molecule has 2 aliphatic heterocycles. The number of nitrogens with one attached hydrogen (secondary N) is 1. The van der Waals surface area contributed by atoms with E-state index in [4.69, 9.17) is 4.74 Å². The molecule has 2 saturated heterocycles. The molecule has 0 radical (unpaired) electrons. The van der Waals surface area contributed by atoms with Crippen molar-refractivity contribution in [2.24, 2.45) is 11.8 Å². The Morgan fingerprint density at radius 1 is 1.44 bits per heavy atom. The molecular weight excluding hydrogens is 228 g/mol. The normalized spacial score (nSPS) is 33.6. The lowest BCUT2D eigenvalue weighted by molar-refractivity contribution is -0.142. The molecule has 0 aromatic carbocycles. The van der Waals surface area contributed by atoms with E-state index < -0.39 is 0 Å². The van der Waals surface area contributed by atoms with Crippen LogP contribution in [0.4, 0.5) is 0 Å². The summed E-state index contributed by atoms with van der Waals surface area (Å²) < 4.78 is 4.80. The molecule has 2 rings (SSSR count). The van der Waals surface area contributed by atoms with Crippen molar-refractivity contribution in [2.75, 3.05) is 33.3 Å². The zero-order valence-corrected chi connectivity index (χ0v) is 11.7. The largest absolute Gasteiger partial charge is 0.468 e. The number of carbonyl (C=O) groups is 1. The van der Waals surface area contributed by atoms with E-state index >= 15 is 0 Å². The van der Waals surface area contributed by atoms with Gasteiger partial charge in [0.05, 0.1) is 7.11 Å². The average Bonchev–Trinajstić information content (AvgIpc) is 2.86. The first-order valence-electron chi connectivity index (χ1n) is 7.26. The molecule has 104 valence electrons. The molecule has 3 unspecified atom stereocenters. The van der Waals surface area contributed by atoms with Gasteiger partial charge in [-0.3, -0.25) is 4.79 Å². The number of hydrogen-bond donors (Lipinski definition) is 1. The Kier molecular flexibility index (Phi) is 5.01. The molecule has 2 heterocycles. The van der Waals surface area contributed by atoms with Crippen molar-refractivity contribution in [3.05, 3.63) is 0 Å². The first kappa shape index (κ1) is 13.8. The zero-order valence-electron chi connectivity index (χ0n) is 11.7. The number of likely N-dealkylation sites (tertiary alicyclic amines) is 1. The predicted molar refractivity (Wildman–Crippen MR) is 71.4 cm³/mol. The maximum absolute atomic E-state index is 11.5. The highest BCUT2D eigenvalue weighted by molar-refractivity contribution is 5.75. The molecule has 1 N–H and O–H groups in total. The average molecular weight is 254 g/mol. The van der Waals surface area contributed by atoms with Gasteiger partial charge >= 0.3 is 5.97 Å². The lowest BCUT2D eigenvalue weighted by Gasteiger charge is -2.33. The second-order valence-corrected chi connectivity index (χ2v) is 5.72. The van der Waals surface area contributed by atoms with E-state index in [1.54, 1.807) is 0 Å². The molecule has 0 aliphatic carbocycles. The number of esters is 1. The number of piperidine rings is 1. The summed E-state index contributed by atoms with van der Waals surface area (Å²) in [6.45, 7) is 6.90. The Labute approximate surface area is 110 Å². The van der Waals surface area contributed by atoms with E-state index in [1.165, 1.54) is 46.0 Å². The minimum Gasteiger partial charge on any atom is -0.468 e. The second kappa shape index (κ2) is 6.53. The van der Waals surface area contributed by atoms with Crippen molar-refractivity contribution < 1.29 is 9.53 Å². The third kappa shape index (κ3) is 3.45. The van der Waals surface area contributed by atoms with E-state index in [-0.39, 0.29) is 12.0 Å². The highest BCUT2D eigenvalue weighted by Gasteiger charge is 2.32. The molecule has 0 bridgehead atoms. The van der Waals surface area contributed by atoms with Crippen LogP contribution in [0.15, 0.2) is 0 Å². The summed E-state index contributed by atoms with van der Waals surface area (Å²) in [5.74, 6) is 1.37. The fraction of sp³-hybridized carbons (Fsp3) is 0.929. The van der Waals surface area contributed by atoms with Crippen LogP contribution < -0.4 is 5.32 Å². The Morgan fingerprint density at radius 2 is 2.28 bits per heavy atom. The molecule has 2 fully saturated rings. The number of methoxy groups -OCH3 is 1. The fourth-order valence-electron chi connectivity index (χ4n) is 3.41. The molecule has 18 heavy (non-hydrogen) atoms. The van der Waals surface area contributed by atoms with Gasteiger partial charge in [-0.25, -0.2) is 0 Å². The molecule has 2 aliphatic rings. The van der Waals surface area contributed by atoms with Crippen molar-refractivity contribution in [1.82, 2.24) is 10.2 Å². The van der Waals surface area contributed by atoms with Crippen LogP contribution in [-0.2, 0) is 9.53 Å². The van der Waals surface area contributed by atoms with E-state index in [2.05, 4.69) is 17.1 Å². The Balaban J connectivity index is 1.75. The van der Waals surface area contributed by atoms with Crippen LogP contribution in [0.2, 0.25) is 0 Å². The molecule has 4 heteroatoms. The van der Waals surface area contributed by atoms with Gasteiger partial charge in [0.2, 0.25) is 0 Å². The number of rotatable bonds is 4. The fourth-order valence-corrected chi connectivity index (χ4v) is 3.41. The summed E-state index contributed by atoms with van der Waals surface area (Å²) in [4.78, 5) is 14.0. The van der Waals surface area contributed by atoms with Crippen LogP contribution in [0.5, 0.6) is 0 Å². The molecule has 0 spiro atoms. The van der Waals surface area contributed by atoms with E-state index in [1.807, 2.05) is 0 Å². The van der Waals surface area contributed by atoms with Crippen LogP contribution >= 0.6 is 0 Å². The van der Waals surface area contributed by atoms with E-state index in [0.717, 1.165) is 18.9 Å². The van der Waals surface area contributed by atoms with Gasteiger partial charge in [0.1, 0.15) is 6.04 Å². The van der Waals surface area contributed by atoms with Crippen molar-refractivity contribution in [1.29, 1.82) is 0 Å². The van der Waals surface area contributed by atoms with Gasteiger partial charge < -0.3 is 15.0 Å². The smallest absolute Gasteiger partial charge is 0.322 e. The third-order valence-corrected chi connectivity index (χ3v) is 4.42. The van der Waals surface area contributed by atoms with Crippen LogP contribution in [0.1, 0.15) is 32.6 Å². The van der Waals surface area contributed by atoms with Crippen LogP contribution in [-0.4, -0.2) is 50.2 Å². The van der Waals surface area contributed by atoms with Crippen LogP contribution in [0.3, 0.4) is 0 Å². The standard InChI is InChI=1S/C14H26N2O2/c1-3-16-6-4-5-11(10-16)7-12-8-13(15-9-12)14(17)18-2/h11-13,15H,3-10H2,1-2H3. The summed E-state index contributed by atoms with van der Waals surface area (Å²) >= 11 is 0. The van der Waals surface area contributed by atoms with Gasteiger partial charge in [-0.1, -0.05) is 6.92 Å². The first-order chi connectivity index (χ1) is 8.72. The molecule has 0 aromatic rings.